The number of aliphatic imine (C=N–C) groups is 1. The lowest BCUT2D eigenvalue weighted by molar-refractivity contribution is -0.374. The molecule has 4 N–H and O–H groups in total. The minimum absolute atomic E-state index is 0.0928. The average molecular weight is 454 g/mol. The molecule has 1 aromatic rings. The molecule has 178 valence electrons. The van der Waals surface area contributed by atoms with Gasteiger partial charge in [0.2, 0.25) is 11.6 Å². The van der Waals surface area contributed by atoms with E-state index in [4.69, 9.17) is 30.7 Å². The molecule has 0 radical (unpaired) electrons. The standard InChI is InChI=1S/C26H35N3O4/c27-23(28)29-9-10-30-22-3-1-16(2-4-22)17-5-7-25(8-6-17)31-26(33-32-25)20-12-18-11-19-13-21(26)15-24(18,19)14-20/h1-4,17-21H,5-15H2,(H4,27,28,29). The van der Waals surface area contributed by atoms with Crippen molar-refractivity contribution in [2.45, 2.75) is 75.3 Å². The fraction of sp³-hybridized carbons (Fsp3) is 0.731. The first kappa shape index (κ1) is 20.5. The molecule has 7 rings (SSSR count). The van der Waals surface area contributed by atoms with Crippen LogP contribution in [-0.2, 0) is 14.5 Å². The number of ether oxygens (including phenoxy) is 2. The van der Waals surface area contributed by atoms with Crippen LogP contribution in [0.25, 0.3) is 0 Å². The molecule has 5 saturated carbocycles. The third-order valence-electron chi connectivity index (χ3n) is 10.1. The van der Waals surface area contributed by atoms with Crippen molar-refractivity contribution >= 4 is 5.96 Å². The van der Waals surface area contributed by atoms with Crippen LogP contribution in [-0.4, -0.2) is 30.7 Å². The summed E-state index contributed by atoms with van der Waals surface area (Å²) < 4.78 is 12.6. The van der Waals surface area contributed by atoms with E-state index in [1.807, 2.05) is 12.1 Å². The molecule has 6 fully saturated rings. The summed E-state index contributed by atoms with van der Waals surface area (Å²) in [7, 11) is 0. The first-order valence-corrected chi connectivity index (χ1v) is 12.9. The van der Waals surface area contributed by atoms with Crippen molar-refractivity contribution in [1.29, 1.82) is 0 Å². The first-order valence-electron chi connectivity index (χ1n) is 12.9. The molecule has 1 saturated heterocycles. The second-order valence-electron chi connectivity index (χ2n) is 11.5. The number of nitrogens with zero attached hydrogens (tertiary/aromatic N) is 1. The maximum atomic E-state index is 6.93. The molecule has 33 heavy (non-hydrogen) atoms. The van der Waals surface area contributed by atoms with Gasteiger partial charge in [-0.05, 0) is 85.8 Å². The quantitative estimate of drug-likeness (QED) is 0.304. The number of rotatable bonds is 5. The highest BCUT2D eigenvalue weighted by molar-refractivity contribution is 5.75. The lowest BCUT2D eigenvalue weighted by Crippen LogP contribution is -2.50. The smallest absolute Gasteiger partial charge is 0.210 e. The Bertz CT molecular complexity index is 927. The Hall–Kier alpha value is -1.83. The Labute approximate surface area is 195 Å². The SMILES string of the molecule is NC(N)=NCCOc1ccc(C2CCC3(CC2)OOC2(O3)C3CC4CC5CC2CC45C3)cc1. The zero-order chi connectivity index (χ0) is 22.3. The van der Waals surface area contributed by atoms with Gasteiger partial charge in [-0.2, -0.15) is 9.78 Å². The normalized spacial score (nSPS) is 46.5. The molecule has 4 unspecified atom stereocenters. The Morgan fingerprint density at radius 3 is 2.27 bits per heavy atom. The number of fused-ring (bicyclic) bond motifs is 4. The van der Waals surface area contributed by atoms with Crippen molar-refractivity contribution in [2.75, 3.05) is 13.2 Å². The number of hydrogen-bond donors (Lipinski definition) is 2. The summed E-state index contributed by atoms with van der Waals surface area (Å²) >= 11 is 0. The molecule has 7 heteroatoms. The molecule has 0 amide bonds. The van der Waals surface area contributed by atoms with Crippen molar-refractivity contribution in [3.8, 4) is 5.75 Å². The van der Waals surface area contributed by atoms with Crippen LogP contribution < -0.4 is 16.2 Å². The predicted octanol–water partition coefficient (Wildman–Crippen LogP) is 3.82. The number of hydrogen-bond acceptors (Lipinski definition) is 5. The van der Waals surface area contributed by atoms with Gasteiger partial charge in [-0.15, -0.1) is 0 Å². The molecule has 7 nitrogen and oxygen atoms in total. The Morgan fingerprint density at radius 1 is 0.939 bits per heavy atom. The maximum Gasteiger partial charge on any atom is 0.210 e. The number of nitrogens with two attached hydrogens (primary N) is 2. The lowest BCUT2D eigenvalue weighted by atomic mass is 9.56. The third-order valence-corrected chi connectivity index (χ3v) is 10.1. The van der Waals surface area contributed by atoms with Gasteiger partial charge >= 0.3 is 0 Å². The second kappa shape index (κ2) is 7.09. The van der Waals surface area contributed by atoms with Gasteiger partial charge < -0.3 is 20.9 Å². The second-order valence-corrected chi connectivity index (χ2v) is 11.5. The molecule has 4 atom stereocenters. The van der Waals surface area contributed by atoms with Gasteiger partial charge in [-0.3, -0.25) is 4.99 Å². The van der Waals surface area contributed by atoms with Gasteiger partial charge in [0.25, 0.3) is 0 Å². The number of benzene rings is 1. The summed E-state index contributed by atoms with van der Waals surface area (Å²) in [4.78, 5) is 16.3. The largest absolute Gasteiger partial charge is 0.492 e. The van der Waals surface area contributed by atoms with Crippen molar-refractivity contribution in [3.63, 3.8) is 0 Å². The van der Waals surface area contributed by atoms with Gasteiger partial charge in [0.05, 0.1) is 6.54 Å². The maximum absolute atomic E-state index is 6.93. The van der Waals surface area contributed by atoms with Gasteiger partial charge in [0.1, 0.15) is 12.4 Å². The Balaban J connectivity index is 0.977. The van der Waals surface area contributed by atoms with Crippen LogP contribution in [0.5, 0.6) is 5.75 Å². The molecular weight excluding hydrogens is 418 g/mol. The first-order chi connectivity index (χ1) is 16.0. The van der Waals surface area contributed by atoms with Crippen LogP contribution in [0, 0.1) is 29.1 Å². The van der Waals surface area contributed by atoms with Crippen molar-refractivity contribution in [2.24, 2.45) is 45.5 Å². The van der Waals surface area contributed by atoms with Gasteiger partial charge in [0, 0.05) is 24.7 Å². The van der Waals surface area contributed by atoms with E-state index in [2.05, 4.69) is 17.1 Å². The summed E-state index contributed by atoms with van der Waals surface area (Å²) in [5, 5.41) is 0. The highest BCUT2D eigenvalue weighted by Crippen LogP contribution is 2.79. The topological polar surface area (TPSA) is 101 Å². The fourth-order valence-electron chi connectivity index (χ4n) is 8.63. The summed E-state index contributed by atoms with van der Waals surface area (Å²) in [6.45, 7) is 0.923. The van der Waals surface area contributed by atoms with E-state index in [0.717, 1.165) is 43.3 Å². The van der Waals surface area contributed by atoms with Crippen LogP contribution >= 0.6 is 0 Å². The average Bonchev–Trinajstić information content (AvgIpc) is 3.40. The van der Waals surface area contributed by atoms with E-state index in [1.54, 1.807) is 0 Å². The van der Waals surface area contributed by atoms with Gasteiger partial charge in [0.15, 0.2) is 5.96 Å². The van der Waals surface area contributed by atoms with Gasteiger partial charge in [-0.1, -0.05) is 12.1 Å². The highest BCUT2D eigenvalue weighted by Gasteiger charge is 2.77. The molecule has 1 aromatic carbocycles. The van der Waals surface area contributed by atoms with E-state index in [9.17, 15) is 0 Å². The molecule has 1 aliphatic heterocycles. The third kappa shape index (κ3) is 2.94. The molecular formula is C26H35N3O4. The fourth-order valence-corrected chi connectivity index (χ4v) is 8.63. The highest BCUT2D eigenvalue weighted by atomic mass is 17.3. The minimum Gasteiger partial charge on any atom is -0.492 e. The van der Waals surface area contributed by atoms with Crippen molar-refractivity contribution < 1.29 is 19.2 Å². The Morgan fingerprint density at radius 2 is 1.61 bits per heavy atom. The van der Waals surface area contributed by atoms with Crippen molar-refractivity contribution in [1.82, 2.24) is 0 Å². The van der Waals surface area contributed by atoms with Crippen LogP contribution in [0.2, 0.25) is 0 Å². The van der Waals surface area contributed by atoms with Crippen molar-refractivity contribution in [3.05, 3.63) is 29.8 Å². The minimum atomic E-state index is -0.541. The molecule has 6 aliphatic rings. The molecule has 3 bridgehead atoms. The molecule has 1 heterocycles. The monoisotopic (exact) mass is 453 g/mol. The number of guanidine groups is 1. The van der Waals surface area contributed by atoms with E-state index in [-0.39, 0.29) is 5.96 Å². The van der Waals surface area contributed by atoms with E-state index >= 15 is 0 Å². The van der Waals surface area contributed by atoms with E-state index in [0.29, 0.717) is 36.3 Å². The van der Waals surface area contributed by atoms with Crippen LogP contribution in [0.3, 0.4) is 0 Å². The molecule has 0 aromatic heterocycles. The summed E-state index contributed by atoms with van der Waals surface area (Å²) in [6.07, 6.45) is 10.5. The van der Waals surface area contributed by atoms with E-state index < -0.39 is 11.6 Å². The predicted molar refractivity (Wildman–Crippen MR) is 122 cm³/mol. The molecule has 3 spiro atoms. The summed E-state index contributed by atoms with van der Waals surface area (Å²) in [5.41, 5.74) is 12.7. The zero-order valence-electron chi connectivity index (χ0n) is 19.2. The van der Waals surface area contributed by atoms with Gasteiger partial charge in [-0.25, -0.2) is 0 Å². The summed E-state index contributed by atoms with van der Waals surface area (Å²) in [5.74, 6) is 3.36. The van der Waals surface area contributed by atoms with Crippen LogP contribution in [0.4, 0.5) is 0 Å². The Kier molecular flexibility index (Phi) is 4.41. The molecule has 5 aliphatic carbocycles. The van der Waals surface area contributed by atoms with E-state index in [1.165, 1.54) is 37.7 Å². The van der Waals surface area contributed by atoms with Crippen LogP contribution in [0.15, 0.2) is 29.3 Å². The zero-order valence-corrected chi connectivity index (χ0v) is 19.2. The summed E-state index contributed by atoms with van der Waals surface area (Å²) in [6, 6.07) is 8.43. The lowest BCUT2D eigenvalue weighted by Gasteiger charge is -2.49. The van der Waals surface area contributed by atoms with Crippen LogP contribution in [0.1, 0.15) is 69.3 Å².